The van der Waals surface area contributed by atoms with Crippen LogP contribution in [0.5, 0.6) is 0 Å². The third kappa shape index (κ3) is 4.42. The van der Waals surface area contributed by atoms with E-state index in [9.17, 15) is 18.0 Å². The molecule has 3 aliphatic carbocycles. The van der Waals surface area contributed by atoms with Gasteiger partial charge in [-0.1, -0.05) is 87.9 Å². The van der Waals surface area contributed by atoms with E-state index in [0.717, 1.165) is 30.4 Å². The molecule has 1 saturated carbocycles. The highest BCUT2D eigenvalue weighted by Crippen LogP contribution is 2.54. The van der Waals surface area contributed by atoms with Crippen LogP contribution in [0, 0.1) is 29.6 Å². The van der Waals surface area contributed by atoms with Gasteiger partial charge in [-0.05, 0) is 60.4 Å². The molecule has 4 unspecified atom stereocenters. The van der Waals surface area contributed by atoms with Crippen LogP contribution in [0.3, 0.4) is 0 Å². The van der Waals surface area contributed by atoms with Crippen LogP contribution in [0.2, 0.25) is 0 Å². The molecule has 4 aliphatic rings. The molecule has 1 heterocycles. The molecule has 0 N–H and O–H groups in total. The van der Waals surface area contributed by atoms with Gasteiger partial charge in [-0.15, -0.1) is 0 Å². The number of Topliss-reactive ketones (excluding diaryl/α,β-unsaturated/α-hetero) is 2. The van der Waals surface area contributed by atoms with Crippen molar-refractivity contribution in [3.63, 3.8) is 0 Å². The Labute approximate surface area is 253 Å². The van der Waals surface area contributed by atoms with E-state index in [4.69, 9.17) is 4.74 Å². The number of anilines is 1. The van der Waals surface area contributed by atoms with Crippen LogP contribution in [0.25, 0.3) is 5.57 Å². The van der Waals surface area contributed by atoms with Crippen molar-refractivity contribution in [3.8, 4) is 0 Å². The molecule has 222 valence electrons. The first kappa shape index (κ1) is 28.2. The molecule has 3 aromatic rings. The van der Waals surface area contributed by atoms with Gasteiger partial charge in [0.2, 0.25) is 0 Å². The number of rotatable bonds is 5. The van der Waals surface area contributed by atoms with Crippen LogP contribution >= 0.6 is 0 Å². The van der Waals surface area contributed by atoms with Crippen LogP contribution in [0.15, 0.2) is 89.8 Å². The van der Waals surface area contributed by atoms with Gasteiger partial charge in [-0.3, -0.25) is 13.9 Å². The lowest BCUT2D eigenvalue weighted by Crippen LogP contribution is -2.57. The van der Waals surface area contributed by atoms with Gasteiger partial charge in [-0.2, -0.15) is 0 Å². The maximum atomic E-state index is 14.5. The molecule has 0 amide bonds. The van der Waals surface area contributed by atoms with E-state index in [1.54, 1.807) is 60.7 Å². The lowest BCUT2D eigenvalue weighted by Gasteiger charge is -2.46. The Morgan fingerprint density at radius 1 is 0.791 bits per heavy atom. The van der Waals surface area contributed by atoms with Crippen LogP contribution in [0.4, 0.5) is 5.69 Å². The van der Waals surface area contributed by atoms with E-state index in [-0.39, 0.29) is 22.6 Å². The normalized spacial score (nSPS) is 29.9. The molecular weight excluding hydrogens is 558 g/mol. The van der Waals surface area contributed by atoms with Gasteiger partial charge in [0.25, 0.3) is 10.0 Å². The lowest BCUT2D eigenvalue weighted by atomic mass is 9.64. The van der Waals surface area contributed by atoms with E-state index < -0.39 is 34.0 Å². The quantitative estimate of drug-likeness (QED) is 0.323. The fourth-order valence-electron chi connectivity index (χ4n) is 8.03. The van der Waals surface area contributed by atoms with Crippen molar-refractivity contribution in [2.45, 2.75) is 63.2 Å². The summed E-state index contributed by atoms with van der Waals surface area (Å²) >= 11 is 0. The van der Waals surface area contributed by atoms with Gasteiger partial charge < -0.3 is 4.74 Å². The number of benzene rings is 3. The highest BCUT2D eigenvalue weighted by molar-refractivity contribution is 7.93. The molecule has 7 atom stereocenters. The average Bonchev–Trinajstić information content (AvgIpc) is 3.34. The second-order valence-electron chi connectivity index (χ2n) is 13.0. The number of fused-ring (bicyclic) bond motifs is 6. The summed E-state index contributed by atoms with van der Waals surface area (Å²) in [5.41, 5.74) is 2.77. The fraction of sp³-hybridized carbons (Fsp3) is 0.389. The van der Waals surface area contributed by atoms with Crippen molar-refractivity contribution in [1.29, 1.82) is 0 Å². The monoisotopic (exact) mass is 595 g/mol. The summed E-state index contributed by atoms with van der Waals surface area (Å²) in [5.74, 6) is -0.844. The fourth-order valence-corrected chi connectivity index (χ4v) is 9.72. The van der Waals surface area contributed by atoms with Gasteiger partial charge in [-0.25, -0.2) is 8.42 Å². The zero-order valence-corrected chi connectivity index (χ0v) is 25.5. The number of hydrogen-bond donors (Lipinski definition) is 0. The molecule has 1 aliphatic heterocycles. The molecule has 7 rings (SSSR count). The molecule has 6 nitrogen and oxygen atoms in total. The molecule has 0 radical (unpaired) electrons. The molecule has 0 bridgehead atoms. The minimum Gasteiger partial charge on any atom is -0.370 e. The number of sulfonamides is 1. The first-order valence-electron chi connectivity index (χ1n) is 15.4. The van der Waals surface area contributed by atoms with Crippen molar-refractivity contribution in [2.24, 2.45) is 29.6 Å². The summed E-state index contributed by atoms with van der Waals surface area (Å²) in [5, 5.41) is 0. The van der Waals surface area contributed by atoms with Gasteiger partial charge in [0.1, 0.15) is 0 Å². The van der Waals surface area contributed by atoms with Crippen molar-refractivity contribution in [3.05, 3.63) is 102 Å². The van der Waals surface area contributed by atoms with E-state index >= 15 is 0 Å². The number of para-hydroxylation sites is 1. The molecule has 0 aromatic heterocycles. The van der Waals surface area contributed by atoms with Crippen molar-refractivity contribution in [2.75, 3.05) is 4.31 Å². The smallest absolute Gasteiger partial charge is 0.264 e. The van der Waals surface area contributed by atoms with E-state index in [1.807, 2.05) is 24.3 Å². The van der Waals surface area contributed by atoms with E-state index in [2.05, 4.69) is 20.8 Å². The zero-order chi connectivity index (χ0) is 30.0. The summed E-state index contributed by atoms with van der Waals surface area (Å²) in [6, 6.07) is 21.8. The third-order valence-electron chi connectivity index (χ3n) is 10.1. The maximum Gasteiger partial charge on any atom is 0.264 e. The van der Waals surface area contributed by atoms with Gasteiger partial charge in [0.15, 0.2) is 11.6 Å². The van der Waals surface area contributed by atoms with Gasteiger partial charge >= 0.3 is 0 Å². The first-order valence-corrected chi connectivity index (χ1v) is 16.9. The van der Waals surface area contributed by atoms with Gasteiger partial charge in [0.05, 0.1) is 40.7 Å². The van der Waals surface area contributed by atoms with Crippen LogP contribution in [-0.2, 0) is 14.8 Å². The standard InChI is InChI=1S/C36H37NO5S/c1-21(2)24-18-17-22(3)19-30(24)42-31-20-28-25-13-9-10-16-29(25)37(43(40,41)23-11-5-4-6-12-23)34(28)33-32(31)35(38)26-14-7-8-15-27(26)36(33)39/h4-16,20-22,24,30-34H,17-19H2,1-3H3/t22-,24+,30-,31?,32?,33?,34?/m1/s1. The second kappa shape index (κ2) is 10.6. The number of ketones is 2. The summed E-state index contributed by atoms with van der Waals surface area (Å²) in [6.07, 6.45) is 4.38. The maximum absolute atomic E-state index is 14.5. The Morgan fingerprint density at radius 3 is 2.07 bits per heavy atom. The van der Waals surface area contributed by atoms with Crippen LogP contribution in [0.1, 0.15) is 66.3 Å². The number of ether oxygens (including phenoxy) is 1. The van der Waals surface area contributed by atoms with E-state index in [1.165, 1.54) is 4.31 Å². The average molecular weight is 596 g/mol. The molecular formula is C36H37NO5S. The number of carbonyl (C=O) groups is 2. The van der Waals surface area contributed by atoms with Gasteiger partial charge in [0, 0.05) is 16.7 Å². The summed E-state index contributed by atoms with van der Waals surface area (Å²) in [4.78, 5) is 29.0. The largest absolute Gasteiger partial charge is 0.370 e. The summed E-state index contributed by atoms with van der Waals surface area (Å²) in [6.45, 7) is 6.69. The topological polar surface area (TPSA) is 80.8 Å². The van der Waals surface area contributed by atoms with Crippen molar-refractivity contribution >= 4 is 32.9 Å². The van der Waals surface area contributed by atoms with E-state index in [0.29, 0.717) is 34.6 Å². The summed E-state index contributed by atoms with van der Waals surface area (Å²) < 4.78 is 37.2. The third-order valence-corrected chi connectivity index (χ3v) is 11.9. The SMILES string of the molecule is CC(C)[C@@H]1CC[C@@H](C)C[C@H]1OC1C=C2c3ccccc3N(S(=O)(=O)c3ccccc3)C2C2C(=O)c3ccccc3C(=O)C12. The van der Waals surface area contributed by atoms with Crippen molar-refractivity contribution < 1.29 is 22.7 Å². The molecule has 0 saturated heterocycles. The highest BCUT2D eigenvalue weighted by atomic mass is 32.2. The highest BCUT2D eigenvalue weighted by Gasteiger charge is 2.58. The number of carbonyl (C=O) groups excluding carboxylic acids is 2. The first-order chi connectivity index (χ1) is 20.7. The molecule has 3 aromatic carbocycles. The predicted octanol–water partition coefficient (Wildman–Crippen LogP) is 6.82. The molecule has 1 fully saturated rings. The lowest BCUT2D eigenvalue weighted by molar-refractivity contribution is -0.0838. The minimum atomic E-state index is -4.08. The molecule has 43 heavy (non-hydrogen) atoms. The molecule has 7 heteroatoms. The predicted molar refractivity (Wildman–Crippen MR) is 166 cm³/mol. The van der Waals surface area contributed by atoms with Crippen LogP contribution < -0.4 is 4.31 Å². The summed E-state index contributed by atoms with van der Waals surface area (Å²) in [7, 11) is -4.08. The Morgan fingerprint density at radius 2 is 1.40 bits per heavy atom. The van der Waals surface area contributed by atoms with Crippen LogP contribution in [-0.4, -0.2) is 38.2 Å². The Kier molecular flexibility index (Phi) is 6.94. The number of nitrogens with zero attached hydrogens (tertiary/aromatic N) is 1. The second-order valence-corrected chi connectivity index (χ2v) is 14.8. The Bertz CT molecular complexity index is 1730. The number of hydrogen-bond acceptors (Lipinski definition) is 5. The Hall–Kier alpha value is -3.55. The Balaban J connectivity index is 1.42. The zero-order valence-electron chi connectivity index (χ0n) is 24.7. The minimum absolute atomic E-state index is 0.0522. The van der Waals surface area contributed by atoms with Crippen molar-refractivity contribution in [1.82, 2.24) is 0 Å². The molecule has 0 spiro atoms.